The van der Waals surface area contributed by atoms with Gasteiger partial charge in [0.15, 0.2) is 0 Å². The average molecular weight is 542 g/mol. The summed E-state index contributed by atoms with van der Waals surface area (Å²) in [6.45, 7) is 12.0. The van der Waals surface area contributed by atoms with Gasteiger partial charge in [-0.1, -0.05) is 78.9 Å². The number of fused-ring (bicyclic) bond motifs is 1. The first-order valence-corrected chi connectivity index (χ1v) is 13.8. The van der Waals surface area contributed by atoms with E-state index >= 15 is 0 Å². The Morgan fingerprint density at radius 1 is 1.24 bits per heavy atom. The number of hydrogen-bond donors (Lipinski definition) is 2. The van der Waals surface area contributed by atoms with Crippen LogP contribution in [0, 0.1) is 22.2 Å². The van der Waals surface area contributed by atoms with Crippen LogP contribution >= 0.6 is 0 Å². The Balaban J connectivity index is 1.58. The molecule has 3 unspecified atom stereocenters. The minimum absolute atomic E-state index is 0.172. The van der Waals surface area contributed by atoms with Gasteiger partial charge in [0.2, 0.25) is 11.9 Å². The normalized spacial score (nSPS) is 22.7. The molecule has 0 aliphatic heterocycles. The topological polar surface area (TPSA) is 94.6 Å². The Morgan fingerprint density at radius 3 is 2.68 bits per heavy atom. The van der Waals surface area contributed by atoms with Crippen molar-refractivity contribution in [3.63, 3.8) is 0 Å². The van der Waals surface area contributed by atoms with Crippen LogP contribution in [0.3, 0.4) is 0 Å². The number of rotatable bonds is 7. The molecular weight excluding hydrogens is 506 g/mol. The molecule has 0 fully saturated rings. The van der Waals surface area contributed by atoms with E-state index in [4.69, 9.17) is 10.4 Å². The zero-order chi connectivity index (χ0) is 29.5. The summed E-state index contributed by atoms with van der Waals surface area (Å²) in [5.74, 6) is 0.0337. The van der Waals surface area contributed by atoms with Gasteiger partial charge < -0.3 is 9.98 Å². The smallest absolute Gasteiger partial charge is 0.233 e. The van der Waals surface area contributed by atoms with Gasteiger partial charge in [-0.25, -0.2) is 4.98 Å². The Bertz CT molecular complexity index is 1720. The van der Waals surface area contributed by atoms with Crippen molar-refractivity contribution in [1.82, 2.24) is 9.55 Å². The Hall–Kier alpha value is -4.76. The molecule has 2 aromatic carbocycles. The number of carbonyl (C=O) groups excluding carboxylic acids is 1. The second kappa shape index (κ2) is 10.3. The third-order valence-corrected chi connectivity index (χ3v) is 8.68. The molecule has 1 heterocycles. The van der Waals surface area contributed by atoms with Crippen LogP contribution in [0.15, 0.2) is 90.2 Å². The molecule has 0 saturated carbocycles. The number of aromatic nitrogens is 2. The predicted octanol–water partition coefficient (Wildman–Crippen LogP) is 7.47. The van der Waals surface area contributed by atoms with E-state index in [1.54, 1.807) is 10.6 Å². The molecule has 6 nitrogen and oxygen atoms in total. The molecule has 3 aliphatic rings. The van der Waals surface area contributed by atoms with E-state index in [2.05, 4.69) is 30.1 Å². The molecule has 0 saturated heterocycles. The van der Waals surface area contributed by atoms with E-state index in [0.29, 0.717) is 18.1 Å². The highest BCUT2D eigenvalue weighted by Crippen LogP contribution is 2.63. The zero-order valence-corrected chi connectivity index (χ0v) is 24.2. The minimum Gasteiger partial charge on any atom is -0.320 e. The molecule has 3 aliphatic carbocycles. The van der Waals surface area contributed by atoms with Crippen LogP contribution in [0.25, 0.3) is 17.3 Å². The SMILES string of the molecule is C=Cc1c(C=N)cccc1-c1cn(C)c(NC(=O)C2(C)CC3(C#N)C(C)=C(/C=C\C=C(C)C)C2c2ccccc23)n1. The van der Waals surface area contributed by atoms with E-state index in [9.17, 15) is 10.1 Å². The van der Waals surface area contributed by atoms with Crippen LogP contribution < -0.4 is 5.32 Å². The fraction of sp³-hybridized carbons (Fsp3) is 0.257. The van der Waals surface area contributed by atoms with Gasteiger partial charge in [-0.3, -0.25) is 10.1 Å². The highest BCUT2D eigenvalue weighted by molar-refractivity contribution is 5.97. The summed E-state index contributed by atoms with van der Waals surface area (Å²) < 4.78 is 1.80. The van der Waals surface area contributed by atoms with Crippen LogP contribution in [0.4, 0.5) is 5.95 Å². The second-order valence-corrected chi connectivity index (χ2v) is 11.5. The van der Waals surface area contributed by atoms with Crippen molar-refractivity contribution < 1.29 is 4.79 Å². The Morgan fingerprint density at radius 2 is 2.00 bits per heavy atom. The molecule has 2 N–H and O–H groups in total. The van der Waals surface area contributed by atoms with E-state index < -0.39 is 10.8 Å². The maximum Gasteiger partial charge on any atom is 0.233 e. The third kappa shape index (κ3) is 4.29. The predicted molar refractivity (Wildman–Crippen MR) is 166 cm³/mol. The number of carbonyl (C=O) groups is 1. The van der Waals surface area contributed by atoms with Crippen molar-refractivity contribution in [2.45, 2.75) is 45.4 Å². The molecular formula is C35H35N5O. The molecule has 3 aromatic rings. The van der Waals surface area contributed by atoms with Crippen LogP contribution in [0.2, 0.25) is 0 Å². The van der Waals surface area contributed by atoms with Gasteiger partial charge in [0, 0.05) is 30.9 Å². The number of nitriles is 1. The van der Waals surface area contributed by atoms with Gasteiger partial charge in [-0.15, -0.1) is 0 Å². The summed E-state index contributed by atoms with van der Waals surface area (Å²) in [4.78, 5) is 19.1. The highest BCUT2D eigenvalue weighted by Gasteiger charge is 2.60. The number of nitrogens with one attached hydrogen (secondary N) is 2. The second-order valence-electron chi connectivity index (χ2n) is 11.5. The van der Waals surface area contributed by atoms with Crippen LogP contribution in [0.5, 0.6) is 0 Å². The van der Waals surface area contributed by atoms with Crippen LogP contribution in [0.1, 0.15) is 62.3 Å². The first-order chi connectivity index (χ1) is 19.6. The number of nitrogens with zero attached hydrogens (tertiary/aromatic N) is 3. The molecule has 0 spiro atoms. The van der Waals surface area contributed by atoms with E-state index in [1.165, 1.54) is 11.8 Å². The van der Waals surface area contributed by atoms with E-state index in [0.717, 1.165) is 39.0 Å². The molecule has 41 heavy (non-hydrogen) atoms. The molecule has 0 radical (unpaired) electrons. The molecule has 2 bridgehead atoms. The summed E-state index contributed by atoms with van der Waals surface area (Å²) >= 11 is 0. The molecule has 206 valence electrons. The summed E-state index contributed by atoms with van der Waals surface area (Å²) in [7, 11) is 1.85. The number of benzene rings is 2. The fourth-order valence-corrected chi connectivity index (χ4v) is 6.61. The summed E-state index contributed by atoms with van der Waals surface area (Å²) in [6, 6.07) is 16.4. The van der Waals surface area contributed by atoms with Gasteiger partial charge in [0.05, 0.1) is 17.2 Å². The van der Waals surface area contributed by atoms with Crippen molar-refractivity contribution >= 4 is 24.1 Å². The monoisotopic (exact) mass is 541 g/mol. The molecule has 3 atom stereocenters. The highest BCUT2D eigenvalue weighted by atomic mass is 16.2. The van der Waals surface area contributed by atoms with Gasteiger partial charge in [0.25, 0.3) is 0 Å². The van der Waals surface area contributed by atoms with E-state index in [1.807, 2.05) is 89.5 Å². The summed E-state index contributed by atoms with van der Waals surface area (Å²) in [5, 5.41) is 21.6. The fourth-order valence-electron chi connectivity index (χ4n) is 6.61. The maximum absolute atomic E-state index is 14.3. The number of hydrogen-bond acceptors (Lipinski definition) is 4. The average Bonchev–Trinajstić information content (AvgIpc) is 3.33. The number of anilines is 1. The number of imidazole rings is 1. The number of allylic oxidation sites excluding steroid dienone is 6. The summed E-state index contributed by atoms with van der Waals surface area (Å²) in [5.41, 5.74) is 6.50. The van der Waals surface area contributed by atoms with Gasteiger partial charge >= 0.3 is 0 Å². The lowest BCUT2D eigenvalue weighted by molar-refractivity contribution is -0.127. The van der Waals surface area contributed by atoms with Gasteiger partial charge in [0.1, 0.15) is 5.41 Å². The standard InChI is InChI=1S/C35H35N5O/c1-7-25-24(18-36)13-11-16-27(25)30-19-40(6)33(38-30)39-32(41)34(5)20-35(21-37)23(4)26(15-10-12-22(2)3)31(34)28-14-8-9-17-29(28)35/h7-19,31,36H,1,20H2,2-6H3,(H,38,39,41)/b15-10-,36-18?. The Labute approximate surface area is 242 Å². The lowest BCUT2D eigenvalue weighted by Gasteiger charge is -2.54. The molecule has 1 amide bonds. The van der Waals surface area contributed by atoms with Crippen molar-refractivity contribution in [2.75, 3.05) is 5.32 Å². The first-order valence-electron chi connectivity index (χ1n) is 13.8. The van der Waals surface area contributed by atoms with Crippen LogP contribution in [-0.2, 0) is 17.3 Å². The number of amides is 1. The van der Waals surface area contributed by atoms with Crippen molar-refractivity contribution in [3.05, 3.63) is 112 Å². The minimum atomic E-state index is -0.902. The molecule has 6 rings (SSSR count). The summed E-state index contributed by atoms with van der Waals surface area (Å²) in [6.07, 6.45) is 11.4. The Kier molecular flexibility index (Phi) is 7.00. The lowest BCUT2D eigenvalue weighted by atomic mass is 9.47. The third-order valence-electron chi connectivity index (χ3n) is 8.68. The number of aryl methyl sites for hydroxylation is 1. The van der Waals surface area contributed by atoms with Crippen LogP contribution in [-0.4, -0.2) is 21.7 Å². The van der Waals surface area contributed by atoms with Gasteiger partial charge in [-0.05, 0) is 67.5 Å². The first kappa shape index (κ1) is 27.8. The van der Waals surface area contributed by atoms with Gasteiger partial charge in [-0.2, -0.15) is 5.26 Å². The van der Waals surface area contributed by atoms with E-state index in [-0.39, 0.29) is 11.8 Å². The van der Waals surface area contributed by atoms with Crippen molar-refractivity contribution in [1.29, 1.82) is 10.7 Å². The lowest BCUT2D eigenvalue weighted by Crippen LogP contribution is -2.53. The molecule has 6 heteroatoms. The van der Waals surface area contributed by atoms with Crippen molar-refractivity contribution in [3.8, 4) is 17.3 Å². The maximum atomic E-state index is 14.3. The molecule has 1 aromatic heterocycles. The zero-order valence-electron chi connectivity index (χ0n) is 24.2. The van der Waals surface area contributed by atoms with Crippen molar-refractivity contribution in [2.24, 2.45) is 12.5 Å². The largest absolute Gasteiger partial charge is 0.320 e. The quantitative estimate of drug-likeness (QED) is 0.240.